The molecule has 0 aromatic carbocycles. The molecule has 0 saturated carbocycles. The Morgan fingerprint density at radius 3 is 2.75 bits per heavy atom. The van der Waals surface area contributed by atoms with E-state index in [-0.39, 0.29) is 18.4 Å². The summed E-state index contributed by atoms with van der Waals surface area (Å²) in [5.74, 6) is -0.396. The summed E-state index contributed by atoms with van der Waals surface area (Å²) < 4.78 is 0. The van der Waals surface area contributed by atoms with E-state index in [1.54, 1.807) is 4.90 Å². The predicted molar refractivity (Wildman–Crippen MR) is 63.3 cm³/mol. The zero-order valence-corrected chi connectivity index (χ0v) is 10.4. The molecule has 5 nitrogen and oxygen atoms in total. The molecule has 1 fully saturated rings. The van der Waals surface area contributed by atoms with Crippen molar-refractivity contribution in [2.75, 3.05) is 12.3 Å². The molecule has 0 spiro atoms. The maximum absolute atomic E-state index is 11.9. The number of carbonyl (C=O) groups is 2. The normalized spacial score (nSPS) is 27.6. The second-order valence-electron chi connectivity index (χ2n) is 4.05. The van der Waals surface area contributed by atoms with E-state index in [0.717, 1.165) is 5.75 Å². The number of hydrogen-bond acceptors (Lipinski definition) is 4. The first-order valence-electron chi connectivity index (χ1n) is 5.33. The quantitative estimate of drug-likeness (QED) is 0.740. The molecule has 1 aliphatic heterocycles. The first kappa shape index (κ1) is 13.3. The van der Waals surface area contributed by atoms with E-state index in [1.165, 1.54) is 0 Å². The zero-order chi connectivity index (χ0) is 12.3. The number of hydrogen-bond donors (Lipinski definition) is 2. The molecule has 3 atom stereocenters. The highest BCUT2D eigenvalue weighted by Gasteiger charge is 2.32. The summed E-state index contributed by atoms with van der Waals surface area (Å²) in [5.41, 5.74) is 5.58. The Balaban J connectivity index is 2.61. The Morgan fingerprint density at radius 2 is 2.19 bits per heavy atom. The van der Waals surface area contributed by atoms with Gasteiger partial charge in [-0.3, -0.25) is 9.59 Å². The minimum absolute atomic E-state index is 0.117. The van der Waals surface area contributed by atoms with Crippen LogP contribution in [-0.4, -0.2) is 51.5 Å². The zero-order valence-electron chi connectivity index (χ0n) is 9.55. The smallest absolute Gasteiger partial charge is 0.305 e. The van der Waals surface area contributed by atoms with E-state index in [2.05, 4.69) is 6.92 Å². The molecule has 1 saturated heterocycles. The van der Waals surface area contributed by atoms with Gasteiger partial charge in [0, 0.05) is 23.6 Å². The third-order valence-electron chi connectivity index (χ3n) is 2.88. The third kappa shape index (κ3) is 3.12. The highest BCUT2D eigenvalue weighted by molar-refractivity contribution is 8.00. The Labute approximate surface area is 99.4 Å². The van der Waals surface area contributed by atoms with Gasteiger partial charge >= 0.3 is 5.97 Å². The van der Waals surface area contributed by atoms with Gasteiger partial charge in [-0.1, -0.05) is 6.92 Å². The lowest BCUT2D eigenvalue weighted by molar-refractivity contribution is -0.142. The molecule has 16 heavy (non-hydrogen) atoms. The van der Waals surface area contributed by atoms with Crippen LogP contribution in [0.1, 0.15) is 20.3 Å². The van der Waals surface area contributed by atoms with Crippen LogP contribution in [0, 0.1) is 0 Å². The van der Waals surface area contributed by atoms with E-state index in [0.29, 0.717) is 11.8 Å². The highest BCUT2D eigenvalue weighted by atomic mass is 32.2. The van der Waals surface area contributed by atoms with Crippen molar-refractivity contribution in [1.29, 1.82) is 0 Å². The average molecular weight is 246 g/mol. The monoisotopic (exact) mass is 246 g/mol. The Kier molecular flexibility index (Phi) is 4.61. The fourth-order valence-electron chi connectivity index (χ4n) is 1.73. The summed E-state index contributed by atoms with van der Waals surface area (Å²) in [5, 5.41) is 8.96. The number of carboxylic acid groups (broad SMARTS) is 1. The number of nitrogens with zero attached hydrogens (tertiary/aromatic N) is 1. The van der Waals surface area contributed by atoms with Gasteiger partial charge in [0.15, 0.2) is 0 Å². The number of amides is 1. The number of thioether (sulfide) groups is 1. The molecular weight excluding hydrogens is 228 g/mol. The topological polar surface area (TPSA) is 83.6 Å². The van der Waals surface area contributed by atoms with Gasteiger partial charge < -0.3 is 15.7 Å². The van der Waals surface area contributed by atoms with Crippen LogP contribution in [0.25, 0.3) is 0 Å². The lowest BCUT2D eigenvalue weighted by Gasteiger charge is -2.38. The summed E-state index contributed by atoms with van der Waals surface area (Å²) in [7, 11) is 0. The van der Waals surface area contributed by atoms with Crippen LogP contribution in [-0.2, 0) is 9.59 Å². The van der Waals surface area contributed by atoms with Crippen LogP contribution >= 0.6 is 11.8 Å². The molecule has 6 heteroatoms. The van der Waals surface area contributed by atoms with E-state index in [1.807, 2.05) is 18.7 Å². The van der Waals surface area contributed by atoms with E-state index < -0.39 is 12.0 Å². The van der Waals surface area contributed by atoms with Gasteiger partial charge in [-0.2, -0.15) is 11.8 Å². The Hall–Kier alpha value is -0.750. The molecule has 92 valence electrons. The van der Waals surface area contributed by atoms with Crippen molar-refractivity contribution in [3.63, 3.8) is 0 Å². The van der Waals surface area contributed by atoms with Crippen molar-refractivity contribution < 1.29 is 14.7 Å². The molecule has 1 amide bonds. The molecule has 1 rings (SSSR count). The summed E-state index contributed by atoms with van der Waals surface area (Å²) in [6.45, 7) is 4.70. The van der Waals surface area contributed by atoms with Gasteiger partial charge in [0.2, 0.25) is 5.91 Å². The van der Waals surface area contributed by atoms with Crippen molar-refractivity contribution in [2.24, 2.45) is 5.73 Å². The second kappa shape index (κ2) is 5.54. The number of carboxylic acids is 1. The predicted octanol–water partition coefficient (Wildman–Crippen LogP) is 0.141. The largest absolute Gasteiger partial charge is 0.481 e. The number of rotatable bonds is 3. The molecule has 0 aromatic heterocycles. The van der Waals surface area contributed by atoms with Gasteiger partial charge in [-0.05, 0) is 6.92 Å². The first-order chi connectivity index (χ1) is 7.43. The van der Waals surface area contributed by atoms with Gasteiger partial charge in [-0.15, -0.1) is 0 Å². The van der Waals surface area contributed by atoms with Crippen molar-refractivity contribution in [3.05, 3.63) is 0 Å². The Bertz CT molecular complexity index is 285. The molecule has 3 N–H and O–H groups in total. The summed E-state index contributed by atoms with van der Waals surface area (Å²) in [6, 6.07) is -0.804. The maximum Gasteiger partial charge on any atom is 0.305 e. The van der Waals surface area contributed by atoms with Gasteiger partial charge in [-0.25, -0.2) is 0 Å². The van der Waals surface area contributed by atoms with Crippen LogP contribution in [0.5, 0.6) is 0 Å². The van der Waals surface area contributed by atoms with E-state index in [9.17, 15) is 9.59 Å². The summed E-state index contributed by atoms with van der Waals surface area (Å²) >= 11 is 1.82. The Morgan fingerprint density at radius 1 is 1.56 bits per heavy atom. The van der Waals surface area contributed by atoms with E-state index in [4.69, 9.17) is 10.8 Å². The summed E-state index contributed by atoms with van der Waals surface area (Å²) in [4.78, 5) is 24.1. The summed E-state index contributed by atoms with van der Waals surface area (Å²) in [6.07, 6.45) is -0.302. The minimum Gasteiger partial charge on any atom is -0.481 e. The SMILES string of the molecule is CC1SCCN(C(=O)C(N)CC(=O)O)C1C. The molecule has 0 aromatic rings. The molecule has 0 aliphatic carbocycles. The fraction of sp³-hybridized carbons (Fsp3) is 0.800. The van der Waals surface area contributed by atoms with Crippen molar-refractivity contribution in [3.8, 4) is 0 Å². The molecule has 1 aliphatic rings. The highest BCUT2D eigenvalue weighted by Crippen LogP contribution is 2.24. The van der Waals surface area contributed by atoms with E-state index >= 15 is 0 Å². The minimum atomic E-state index is -1.03. The average Bonchev–Trinajstić information content (AvgIpc) is 2.20. The number of carbonyl (C=O) groups excluding carboxylic acids is 1. The molecule has 1 heterocycles. The first-order valence-corrected chi connectivity index (χ1v) is 6.37. The maximum atomic E-state index is 11.9. The molecule has 0 radical (unpaired) electrons. The van der Waals surface area contributed by atoms with Crippen molar-refractivity contribution in [1.82, 2.24) is 4.90 Å². The molecule has 0 bridgehead atoms. The van der Waals surface area contributed by atoms with Crippen LogP contribution in [0.15, 0.2) is 0 Å². The van der Waals surface area contributed by atoms with Gasteiger partial charge in [0.1, 0.15) is 0 Å². The van der Waals surface area contributed by atoms with Crippen molar-refractivity contribution in [2.45, 2.75) is 37.6 Å². The second-order valence-corrected chi connectivity index (χ2v) is 5.54. The van der Waals surface area contributed by atoms with Crippen LogP contribution in [0.4, 0.5) is 0 Å². The van der Waals surface area contributed by atoms with Gasteiger partial charge in [0.05, 0.1) is 12.5 Å². The lowest BCUT2D eigenvalue weighted by atomic mass is 10.1. The van der Waals surface area contributed by atoms with Gasteiger partial charge in [0.25, 0.3) is 0 Å². The molecule has 3 unspecified atom stereocenters. The lowest BCUT2D eigenvalue weighted by Crippen LogP contribution is -2.53. The van der Waals surface area contributed by atoms with Crippen LogP contribution < -0.4 is 5.73 Å². The standard InChI is InChI=1S/C10H18N2O3S/c1-6-7(2)16-4-3-12(6)10(15)8(11)5-9(13)14/h6-8H,3-5,11H2,1-2H3,(H,13,14). The van der Waals surface area contributed by atoms with Crippen molar-refractivity contribution >= 4 is 23.6 Å². The third-order valence-corrected chi connectivity index (χ3v) is 4.22. The molecular formula is C10H18N2O3S. The number of aliphatic carboxylic acids is 1. The fourth-order valence-corrected chi connectivity index (χ4v) is 2.83. The van der Waals surface area contributed by atoms with Crippen LogP contribution in [0.3, 0.4) is 0 Å². The number of nitrogens with two attached hydrogens (primary N) is 1. The van der Waals surface area contributed by atoms with Crippen LogP contribution in [0.2, 0.25) is 0 Å².